The SMILES string of the molecule is Cc1cc(-c2n[nH]c(=S)n2/N=C\c2ccc(Cl)cc2Cl)n[nH]1. The smallest absolute Gasteiger partial charge is 0.216 e. The van der Waals surface area contributed by atoms with E-state index in [-0.39, 0.29) is 0 Å². The van der Waals surface area contributed by atoms with Crippen LogP contribution in [0.25, 0.3) is 11.5 Å². The third-order valence-electron chi connectivity index (χ3n) is 2.86. The lowest BCUT2D eigenvalue weighted by Gasteiger charge is -1.99. The highest BCUT2D eigenvalue weighted by Gasteiger charge is 2.11. The van der Waals surface area contributed by atoms with Gasteiger partial charge >= 0.3 is 0 Å². The largest absolute Gasteiger partial charge is 0.282 e. The number of halogens is 2. The molecule has 0 saturated heterocycles. The predicted molar refractivity (Wildman–Crippen MR) is 89.2 cm³/mol. The first-order valence-electron chi connectivity index (χ1n) is 6.24. The molecule has 0 aliphatic carbocycles. The standard InChI is InChI=1S/C13H10Cl2N6S/c1-7-4-11(18-17-7)12-19-20-13(22)21(12)16-6-8-2-3-9(14)5-10(8)15/h2-6H,1H3,(H,17,18)(H,20,22)/b16-6-. The fourth-order valence-electron chi connectivity index (χ4n) is 1.82. The van der Waals surface area contributed by atoms with Gasteiger partial charge in [0.15, 0.2) is 0 Å². The van der Waals surface area contributed by atoms with Crippen LogP contribution in [-0.2, 0) is 0 Å². The van der Waals surface area contributed by atoms with E-state index in [2.05, 4.69) is 25.5 Å². The summed E-state index contributed by atoms with van der Waals surface area (Å²) in [4.78, 5) is 0. The minimum absolute atomic E-state index is 0.358. The molecule has 22 heavy (non-hydrogen) atoms. The van der Waals surface area contributed by atoms with Crippen LogP contribution in [0.3, 0.4) is 0 Å². The van der Waals surface area contributed by atoms with E-state index in [1.165, 1.54) is 4.68 Å². The van der Waals surface area contributed by atoms with Gasteiger partial charge in [0.25, 0.3) is 0 Å². The monoisotopic (exact) mass is 352 g/mol. The van der Waals surface area contributed by atoms with Crippen LogP contribution < -0.4 is 0 Å². The normalized spacial score (nSPS) is 11.4. The van der Waals surface area contributed by atoms with Crippen LogP contribution in [0.1, 0.15) is 11.3 Å². The molecule has 0 fully saturated rings. The molecular formula is C13H10Cl2N6S. The summed E-state index contributed by atoms with van der Waals surface area (Å²) < 4.78 is 1.84. The average molecular weight is 353 g/mol. The Morgan fingerprint density at radius 1 is 1.23 bits per heavy atom. The molecule has 0 spiro atoms. The van der Waals surface area contributed by atoms with E-state index in [1.807, 2.05) is 13.0 Å². The van der Waals surface area contributed by atoms with Gasteiger partial charge in [-0.2, -0.15) is 20.0 Å². The molecule has 6 nitrogen and oxygen atoms in total. The van der Waals surface area contributed by atoms with Crippen molar-refractivity contribution in [1.82, 2.24) is 25.1 Å². The average Bonchev–Trinajstić information content (AvgIpc) is 3.04. The lowest BCUT2D eigenvalue weighted by molar-refractivity contribution is 0.865. The molecule has 3 rings (SSSR count). The molecule has 1 aromatic carbocycles. The first-order chi connectivity index (χ1) is 10.5. The van der Waals surface area contributed by atoms with Gasteiger partial charge in [-0.1, -0.05) is 29.3 Å². The number of hydrogen-bond acceptors (Lipinski definition) is 4. The Labute approximate surface area is 140 Å². The Morgan fingerprint density at radius 2 is 2.05 bits per heavy atom. The molecule has 3 aromatic rings. The van der Waals surface area contributed by atoms with Crippen molar-refractivity contribution in [3.05, 3.63) is 50.3 Å². The lowest BCUT2D eigenvalue weighted by Crippen LogP contribution is -1.95. The van der Waals surface area contributed by atoms with Crippen molar-refractivity contribution >= 4 is 41.6 Å². The van der Waals surface area contributed by atoms with Crippen LogP contribution in [0.15, 0.2) is 29.4 Å². The molecule has 0 atom stereocenters. The van der Waals surface area contributed by atoms with E-state index in [4.69, 9.17) is 35.4 Å². The van der Waals surface area contributed by atoms with Crippen molar-refractivity contribution in [3.8, 4) is 11.5 Å². The van der Waals surface area contributed by atoms with Gasteiger partial charge in [0.1, 0.15) is 5.69 Å². The summed E-state index contributed by atoms with van der Waals surface area (Å²) in [6.07, 6.45) is 1.59. The van der Waals surface area contributed by atoms with Crippen LogP contribution in [0, 0.1) is 11.7 Å². The third-order valence-corrected chi connectivity index (χ3v) is 3.69. The van der Waals surface area contributed by atoms with Crippen molar-refractivity contribution in [2.45, 2.75) is 6.92 Å². The summed E-state index contributed by atoms with van der Waals surface area (Å²) in [6.45, 7) is 1.90. The lowest BCUT2D eigenvalue weighted by atomic mass is 10.2. The first kappa shape index (κ1) is 15.0. The number of nitrogens with zero attached hydrogens (tertiary/aromatic N) is 4. The second kappa shape index (κ2) is 6.04. The zero-order valence-corrected chi connectivity index (χ0v) is 13.7. The van der Waals surface area contributed by atoms with Crippen LogP contribution >= 0.6 is 35.4 Å². The summed E-state index contributed by atoms with van der Waals surface area (Å²) in [5.41, 5.74) is 2.28. The zero-order chi connectivity index (χ0) is 15.7. The van der Waals surface area contributed by atoms with Gasteiger partial charge in [0.2, 0.25) is 10.6 Å². The number of hydrogen-bond donors (Lipinski definition) is 2. The molecule has 0 aliphatic rings. The Balaban J connectivity index is 2.00. The van der Waals surface area contributed by atoms with E-state index in [9.17, 15) is 0 Å². The molecular weight excluding hydrogens is 343 g/mol. The van der Waals surface area contributed by atoms with Crippen molar-refractivity contribution in [2.75, 3.05) is 0 Å². The Bertz CT molecular complexity index is 907. The van der Waals surface area contributed by atoms with Crippen LogP contribution in [0.5, 0.6) is 0 Å². The molecule has 2 aromatic heterocycles. The van der Waals surface area contributed by atoms with Crippen molar-refractivity contribution in [3.63, 3.8) is 0 Å². The quantitative estimate of drug-likeness (QED) is 0.555. The number of aromatic amines is 2. The fourth-order valence-corrected chi connectivity index (χ4v) is 2.46. The highest BCUT2D eigenvalue weighted by Crippen LogP contribution is 2.20. The number of benzene rings is 1. The van der Waals surface area contributed by atoms with Crippen LogP contribution in [-0.4, -0.2) is 31.3 Å². The molecule has 0 aliphatic heterocycles. The molecule has 0 bridgehead atoms. The Kier molecular flexibility index (Phi) is 4.10. The molecule has 0 radical (unpaired) electrons. The van der Waals surface area contributed by atoms with Gasteiger partial charge in [-0.05, 0) is 37.3 Å². The third kappa shape index (κ3) is 2.96. The van der Waals surface area contributed by atoms with Crippen molar-refractivity contribution in [1.29, 1.82) is 0 Å². The Morgan fingerprint density at radius 3 is 2.73 bits per heavy atom. The van der Waals surface area contributed by atoms with Gasteiger partial charge < -0.3 is 0 Å². The van der Waals surface area contributed by atoms with Crippen molar-refractivity contribution in [2.24, 2.45) is 5.10 Å². The summed E-state index contributed by atoms with van der Waals surface area (Å²) in [5, 5.41) is 19.2. The maximum absolute atomic E-state index is 6.12. The first-order valence-corrected chi connectivity index (χ1v) is 7.40. The molecule has 112 valence electrons. The predicted octanol–water partition coefficient (Wildman–Crippen LogP) is 3.83. The Hall–Kier alpha value is -1.96. The molecule has 9 heteroatoms. The molecule has 2 heterocycles. The maximum atomic E-state index is 6.12. The second-order valence-electron chi connectivity index (χ2n) is 4.51. The van der Waals surface area contributed by atoms with E-state index < -0.39 is 0 Å². The van der Waals surface area contributed by atoms with Gasteiger partial charge in [0.05, 0.1) is 11.2 Å². The topological polar surface area (TPSA) is 74.7 Å². The van der Waals surface area contributed by atoms with Gasteiger partial charge in [-0.25, -0.2) is 5.10 Å². The molecule has 0 saturated carbocycles. The summed E-state index contributed by atoms with van der Waals surface area (Å²) in [5.74, 6) is 0.510. The highest BCUT2D eigenvalue weighted by atomic mass is 35.5. The molecule has 0 amide bonds. The second-order valence-corrected chi connectivity index (χ2v) is 5.74. The number of aryl methyl sites for hydroxylation is 1. The minimum atomic E-state index is 0.358. The fraction of sp³-hybridized carbons (Fsp3) is 0.0769. The maximum Gasteiger partial charge on any atom is 0.216 e. The van der Waals surface area contributed by atoms with Gasteiger partial charge in [-0.3, -0.25) is 5.10 Å². The summed E-state index contributed by atoms with van der Waals surface area (Å²) >= 11 is 17.2. The minimum Gasteiger partial charge on any atom is -0.282 e. The van der Waals surface area contributed by atoms with Crippen molar-refractivity contribution < 1.29 is 0 Å². The number of rotatable bonds is 3. The van der Waals surface area contributed by atoms with E-state index in [0.29, 0.717) is 26.3 Å². The van der Waals surface area contributed by atoms with E-state index in [0.717, 1.165) is 11.3 Å². The number of H-pyrrole nitrogens is 2. The van der Waals surface area contributed by atoms with E-state index >= 15 is 0 Å². The molecule has 0 unspecified atom stereocenters. The zero-order valence-electron chi connectivity index (χ0n) is 11.3. The number of nitrogens with one attached hydrogen (secondary N) is 2. The van der Waals surface area contributed by atoms with Gasteiger partial charge in [0, 0.05) is 16.3 Å². The molecule has 2 N–H and O–H groups in total. The van der Waals surface area contributed by atoms with Gasteiger partial charge in [-0.15, -0.1) is 0 Å². The summed E-state index contributed by atoms with van der Waals surface area (Å²) in [6, 6.07) is 7.01. The van der Waals surface area contributed by atoms with Crippen LogP contribution in [0.4, 0.5) is 0 Å². The number of aromatic nitrogens is 5. The van der Waals surface area contributed by atoms with E-state index in [1.54, 1.807) is 24.4 Å². The highest BCUT2D eigenvalue weighted by molar-refractivity contribution is 7.71. The summed E-state index contributed by atoms with van der Waals surface area (Å²) in [7, 11) is 0. The van der Waals surface area contributed by atoms with Crippen LogP contribution in [0.2, 0.25) is 10.0 Å².